The van der Waals surface area contributed by atoms with Gasteiger partial charge in [0.05, 0.1) is 17.2 Å². The van der Waals surface area contributed by atoms with Crippen LogP contribution in [0.1, 0.15) is 36.1 Å². The zero-order valence-electron chi connectivity index (χ0n) is 13.2. The van der Waals surface area contributed by atoms with Crippen molar-refractivity contribution in [1.82, 2.24) is 15.2 Å². The molecule has 0 aromatic carbocycles. The molecule has 0 saturated carbocycles. The zero-order valence-corrected chi connectivity index (χ0v) is 14.0. The number of carbonyl (C=O) groups is 1. The van der Waals surface area contributed by atoms with Gasteiger partial charge in [-0.25, -0.2) is 4.98 Å². The number of amides is 1. The molecule has 1 fully saturated rings. The molecule has 1 saturated heterocycles. The number of hydrogen-bond acceptors (Lipinski definition) is 5. The first-order valence-corrected chi connectivity index (χ1v) is 8.81. The van der Waals surface area contributed by atoms with Gasteiger partial charge in [-0.05, 0) is 51.1 Å². The Bertz CT molecular complexity index is 657. The lowest BCUT2D eigenvalue weighted by molar-refractivity contribution is -0.116. The van der Waals surface area contributed by atoms with Gasteiger partial charge in [-0.3, -0.25) is 9.69 Å². The number of aryl methyl sites for hydroxylation is 1. The third-order valence-electron chi connectivity index (χ3n) is 4.00. The fraction of sp³-hybridized carbons (Fsp3) is 0.412. The smallest absolute Gasteiger partial charge is 0.244 e. The number of rotatable bonds is 6. The van der Waals surface area contributed by atoms with E-state index in [9.17, 15) is 4.79 Å². The van der Waals surface area contributed by atoms with Crippen LogP contribution in [0.3, 0.4) is 0 Å². The molecular weight excluding hydrogens is 310 g/mol. The van der Waals surface area contributed by atoms with Gasteiger partial charge in [0, 0.05) is 18.0 Å². The number of furan rings is 1. The Balaban J connectivity index is 1.61. The van der Waals surface area contributed by atoms with E-state index in [1.807, 2.05) is 24.4 Å². The van der Waals surface area contributed by atoms with Crippen LogP contribution in [-0.2, 0) is 4.79 Å². The van der Waals surface area contributed by atoms with Crippen LogP contribution >= 0.6 is 11.3 Å². The summed E-state index contributed by atoms with van der Waals surface area (Å²) in [6.45, 7) is 4.59. The van der Waals surface area contributed by atoms with Crippen molar-refractivity contribution in [1.29, 1.82) is 0 Å². The lowest BCUT2D eigenvalue weighted by Gasteiger charge is -2.25. The maximum atomic E-state index is 12.0. The molecule has 6 heteroatoms. The van der Waals surface area contributed by atoms with Crippen molar-refractivity contribution in [2.45, 2.75) is 25.8 Å². The molecule has 1 atom stereocenters. The molecule has 5 nitrogen and oxygen atoms in total. The van der Waals surface area contributed by atoms with E-state index in [0.29, 0.717) is 6.54 Å². The monoisotopic (exact) mass is 331 g/mol. The third kappa shape index (κ3) is 4.30. The minimum Gasteiger partial charge on any atom is -0.465 e. The average molecular weight is 331 g/mol. The molecule has 23 heavy (non-hydrogen) atoms. The summed E-state index contributed by atoms with van der Waals surface area (Å²) in [5.41, 5.74) is 2.56. The van der Waals surface area contributed by atoms with Gasteiger partial charge in [0.1, 0.15) is 11.5 Å². The van der Waals surface area contributed by atoms with E-state index in [1.165, 1.54) is 30.3 Å². The summed E-state index contributed by atoms with van der Waals surface area (Å²) in [4.78, 5) is 18.5. The zero-order chi connectivity index (χ0) is 16.1. The fourth-order valence-electron chi connectivity index (χ4n) is 2.82. The molecule has 0 bridgehead atoms. The SMILES string of the molecule is Cc1ccc([C@@H](CNC(=O)/C=C\c2cscn2)N2CCCC2)o1. The minimum atomic E-state index is -0.106. The summed E-state index contributed by atoms with van der Waals surface area (Å²) >= 11 is 1.51. The highest BCUT2D eigenvalue weighted by molar-refractivity contribution is 7.07. The lowest BCUT2D eigenvalue weighted by Crippen LogP contribution is -2.36. The lowest BCUT2D eigenvalue weighted by atomic mass is 10.2. The number of thiazole rings is 1. The van der Waals surface area contributed by atoms with E-state index in [1.54, 1.807) is 11.6 Å². The number of aromatic nitrogens is 1. The number of likely N-dealkylation sites (tertiary alicyclic amines) is 1. The second-order valence-electron chi connectivity index (χ2n) is 5.70. The topological polar surface area (TPSA) is 58.4 Å². The fourth-order valence-corrected chi connectivity index (χ4v) is 3.34. The van der Waals surface area contributed by atoms with Gasteiger partial charge in [0.15, 0.2) is 0 Å². The summed E-state index contributed by atoms with van der Waals surface area (Å²) in [6.07, 6.45) is 5.67. The maximum absolute atomic E-state index is 12.0. The molecule has 3 heterocycles. The first-order chi connectivity index (χ1) is 11.2. The largest absolute Gasteiger partial charge is 0.465 e. The molecule has 122 valence electrons. The van der Waals surface area contributed by atoms with Crippen molar-refractivity contribution < 1.29 is 9.21 Å². The third-order valence-corrected chi connectivity index (χ3v) is 4.60. The molecule has 0 spiro atoms. The van der Waals surface area contributed by atoms with Gasteiger partial charge >= 0.3 is 0 Å². The van der Waals surface area contributed by atoms with Gasteiger partial charge in [0.2, 0.25) is 5.91 Å². The average Bonchev–Trinajstić information content (AvgIpc) is 3.28. The van der Waals surface area contributed by atoms with E-state index in [4.69, 9.17) is 4.42 Å². The molecule has 0 aliphatic carbocycles. The molecular formula is C17H21N3O2S. The van der Waals surface area contributed by atoms with Crippen LogP contribution in [0.2, 0.25) is 0 Å². The Morgan fingerprint density at radius 2 is 2.30 bits per heavy atom. The highest BCUT2D eigenvalue weighted by atomic mass is 32.1. The number of nitrogens with zero attached hydrogens (tertiary/aromatic N) is 2. The number of nitrogens with one attached hydrogen (secondary N) is 1. The standard InChI is InChI=1S/C17H21N3O2S/c1-13-4-6-16(22-13)15(20-8-2-3-9-20)10-18-17(21)7-5-14-11-23-12-19-14/h4-7,11-12,15H,2-3,8-10H2,1H3,(H,18,21)/b7-5-/t15-/m1/s1. The van der Waals surface area contributed by atoms with Crippen LogP contribution in [0, 0.1) is 6.92 Å². The summed E-state index contributed by atoms with van der Waals surface area (Å²) in [7, 11) is 0. The Morgan fingerprint density at radius 1 is 1.48 bits per heavy atom. The second-order valence-corrected chi connectivity index (χ2v) is 6.42. The van der Waals surface area contributed by atoms with Crippen molar-refractivity contribution in [3.05, 3.63) is 46.3 Å². The molecule has 2 aromatic rings. The molecule has 1 amide bonds. The Hall–Kier alpha value is -1.92. The Morgan fingerprint density at radius 3 is 2.96 bits per heavy atom. The highest BCUT2D eigenvalue weighted by Gasteiger charge is 2.26. The van der Waals surface area contributed by atoms with Gasteiger partial charge < -0.3 is 9.73 Å². The molecule has 0 unspecified atom stereocenters. The van der Waals surface area contributed by atoms with E-state index < -0.39 is 0 Å². The summed E-state index contributed by atoms with van der Waals surface area (Å²) < 4.78 is 5.79. The van der Waals surface area contributed by atoms with Gasteiger partial charge in [0.25, 0.3) is 0 Å². The first kappa shape index (κ1) is 16.0. The van der Waals surface area contributed by atoms with Crippen molar-refractivity contribution in [3.8, 4) is 0 Å². The second kappa shape index (κ2) is 7.57. The van der Waals surface area contributed by atoms with Gasteiger partial charge in [-0.1, -0.05) is 0 Å². The predicted molar refractivity (Wildman–Crippen MR) is 91.2 cm³/mol. The van der Waals surface area contributed by atoms with Crippen LogP contribution in [0.25, 0.3) is 6.08 Å². The van der Waals surface area contributed by atoms with Crippen LogP contribution in [0.15, 0.2) is 33.5 Å². The van der Waals surface area contributed by atoms with Crippen LogP contribution < -0.4 is 5.32 Å². The van der Waals surface area contributed by atoms with E-state index in [-0.39, 0.29) is 11.9 Å². The van der Waals surface area contributed by atoms with Gasteiger partial charge in [-0.15, -0.1) is 11.3 Å². The van der Waals surface area contributed by atoms with Gasteiger partial charge in [-0.2, -0.15) is 0 Å². The summed E-state index contributed by atoms with van der Waals surface area (Å²) in [6, 6.07) is 4.08. The van der Waals surface area contributed by atoms with Crippen molar-refractivity contribution in [2.24, 2.45) is 0 Å². The van der Waals surface area contributed by atoms with Crippen molar-refractivity contribution >= 4 is 23.3 Å². The summed E-state index contributed by atoms with van der Waals surface area (Å²) in [5.74, 6) is 1.72. The van der Waals surface area contributed by atoms with Crippen LogP contribution in [0.5, 0.6) is 0 Å². The molecule has 1 N–H and O–H groups in total. The van der Waals surface area contributed by atoms with E-state index in [0.717, 1.165) is 30.3 Å². The van der Waals surface area contributed by atoms with E-state index >= 15 is 0 Å². The molecule has 2 aromatic heterocycles. The van der Waals surface area contributed by atoms with E-state index in [2.05, 4.69) is 15.2 Å². The molecule has 1 aliphatic heterocycles. The Labute approximate surface area is 140 Å². The predicted octanol–water partition coefficient (Wildman–Crippen LogP) is 3.01. The first-order valence-electron chi connectivity index (χ1n) is 7.87. The minimum absolute atomic E-state index is 0.0998. The van der Waals surface area contributed by atoms with Crippen molar-refractivity contribution in [3.63, 3.8) is 0 Å². The Kier molecular flexibility index (Phi) is 5.25. The number of hydrogen-bond donors (Lipinski definition) is 1. The molecule has 0 radical (unpaired) electrons. The quantitative estimate of drug-likeness (QED) is 0.827. The normalized spacial score (nSPS) is 16.9. The van der Waals surface area contributed by atoms with Crippen LogP contribution in [-0.4, -0.2) is 35.4 Å². The van der Waals surface area contributed by atoms with Crippen molar-refractivity contribution in [2.75, 3.05) is 19.6 Å². The maximum Gasteiger partial charge on any atom is 0.244 e. The highest BCUT2D eigenvalue weighted by Crippen LogP contribution is 2.26. The molecule has 1 aliphatic rings. The number of carbonyl (C=O) groups excluding carboxylic acids is 1. The molecule has 3 rings (SSSR count). The van der Waals surface area contributed by atoms with Crippen LogP contribution in [0.4, 0.5) is 0 Å². The summed E-state index contributed by atoms with van der Waals surface area (Å²) in [5, 5.41) is 4.88.